The number of methoxy groups -OCH3 is 1. The van der Waals surface area contributed by atoms with Gasteiger partial charge in [0.15, 0.2) is 0 Å². The topological polar surface area (TPSA) is 35.5 Å². The van der Waals surface area contributed by atoms with Crippen LogP contribution < -0.4 is 4.74 Å². The van der Waals surface area contributed by atoms with E-state index >= 15 is 0 Å². The summed E-state index contributed by atoms with van der Waals surface area (Å²) < 4.78 is 10.9. The number of esters is 1. The summed E-state index contributed by atoms with van der Waals surface area (Å²) in [6.07, 6.45) is 0.629. The van der Waals surface area contributed by atoms with Gasteiger partial charge >= 0.3 is 5.97 Å². The van der Waals surface area contributed by atoms with Crippen molar-refractivity contribution in [2.45, 2.75) is 6.10 Å². The zero-order chi connectivity index (χ0) is 11.3. The molecule has 0 fully saturated rings. The van der Waals surface area contributed by atoms with Crippen LogP contribution >= 0.6 is 15.9 Å². The number of halogens is 1. The number of carbonyl (C=O) groups is 1. The Kier molecular flexibility index (Phi) is 4.37. The van der Waals surface area contributed by atoms with Crippen molar-refractivity contribution in [3.63, 3.8) is 0 Å². The van der Waals surface area contributed by atoms with E-state index in [0.717, 1.165) is 4.47 Å². The fourth-order valence-corrected chi connectivity index (χ4v) is 1.23. The highest BCUT2D eigenvalue weighted by Gasteiger charge is 2.16. The number of carbonyl (C=O) groups excluding carboxylic acids is 1. The van der Waals surface area contributed by atoms with Crippen LogP contribution in [0.4, 0.5) is 0 Å². The Morgan fingerprint density at radius 1 is 1.47 bits per heavy atom. The number of benzene rings is 1. The maximum absolute atomic E-state index is 11.2. The summed E-state index contributed by atoms with van der Waals surface area (Å²) >= 11 is 3.30. The molecule has 0 amide bonds. The van der Waals surface area contributed by atoms with Gasteiger partial charge in [0.25, 0.3) is 0 Å². The molecule has 80 valence electrons. The predicted molar refractivity (Wildman–Crippen MR) is 60.8 cm³/mol. The van der Waals surface area contributed by atoms with Crippen molar-refractivity contribution in [2.24, 2.45) is 0 Å². The SMILES string of the molecule is C=CC(Oc1ccc(Br)cc1)C(=O)OC. The van der Waals surface area contributed by atoms with Gasteiger partial charge in [-0.2, -0.15) is 0 Å². The molecular formula is C11H11BrO3. The van der Waals surface area contributed by atoms with Crippen molar-refractivity contribution in [1.29, 1.82) is 0 Å². The molecule has 1 rings (SSSR count). The molecule has 1 atom stereocenters. The summed E-state index contributed by atoms with van der Waals surface area (Å²) in [4.78, 5) is 11.2. The molecule has 0 aliphatic carbocycles. The Balaban J connectivity index is 2.71. The van der Waals surface area contributed by atoms with Gasteiger partial charge in [0.1, 0.15) is 5.75 Å². The highest BCUT2D eigenvalue weighted by Crippen LogP contribution is 2.17. The lowest BCUT2D eigenvalue weighted by Gasteiger charge is -2.12. The van der Waals surface area contributed by atoms with Crippen LogP contribution in [-0.4, -0.2) is 19.2 Å². The van der Waals surface area contributed by atoms with Gasteiger partial charge in [-0.1, -0.05) is 22.5 Å². The highest BCUT2D eigenvalue weighted by atomic mass is 79.9. The van der Waals surface area contributed by atoms with Gasteiger partial charge in [-0.15, -0.1) is 0 Å². The van der Waals surface area contributed by atoms with Crippen LogP contribution in [0.2, 0.25) is 0 Å². The summed E-state index contributed by atoms with van der Waals surface area (Å²) in [5, 5.41) is 0. The molecule has 0 aromatic heterocycles. The summed E-state index contributed by atoms with van der Waals surface area (Å²) in [5.41, 5.74) is 0. The van der Waals surface area contributed by atoms with Crippen LogP contribution in [0.1, 0.15) is 0 Å². The maximum Gasteiger partial charge on any atom is 0.351 e. The molecule has 4 heteroatoms. The van der Waals surface area contributed by atoms with E-state index in [1.54, 1.807) is 12.1 Å². The lowest BCUT2D eigenvalue weighted by molar-refractivity contribution is -0.146. The van der Waals surface area contributed by atoms with Gasteiger partial charge < -0.3 is 9.47 Å². The summed E-state index contributed by atoms with van der Waals surface area (Å²) in [6.45, 7) is 3.51. The van der Waals surface area contributed by atoms with Gasteiger partial charge in [0.2, 0.25) is 6.10 Å². The molecule has 3 nitrogen and oxygen atoms in total. The first kappa shape index (κ1) is 11.8. The number of ether oxygens (including phenoxy) is 2. The van der Waals surface area contributed by atoms with Crippen molar-refractivity contribution in [3.05, 3.63) is 41.4 Å². The summed E-state index contributed by atoms with van der Waals surface area (Å²) in [7, 11) is 1.31. The second-order valence-electron chi connectivity index (χ2n) is 2.75. The van der Waals surface area contributed by atoms with E-state index < -0.39 is 12.1 Å². The lowest BCUT2D eigenvalue weighted by Crippen LogP contribution is -2.26. The van der Waals surface area contributed by atoms with Crippen LogP contribution in [0.25, 0.3) is 0 Å². The molecule has 0 N–H and O–H groups in total. The molecule has 0 radical (unpaired) electrons. The number of hydrogen-bond donors (Lipinski definition) is 0. The van der Waals surface area contributed by atoms with Crippen LogP contribution in [0.5, 0.6) is 5.75 Å². The normalized spacial score (nSPS) is 11.6. The minimum atomic E-state index is -0.767. The largest absolute Gasteiger partial charge is 0.475 e. The third kappa shape index (κ3) is 3.40. The van der Waals surface area contributed by atoms with Crippen molar-refractivity contribution >= 4 is 21.9 Å². The third-order valence-electron chi connectivity index (χ3n) is 1.72. The molecule has 0 aliphatic heterocycles. The van der Waals surface area contributed by atoms with E-state index in [1.807, 2.05) is 12.1 Å². The molecule has 0 aliphatic rings. The Bertz CT molecular complexity index is 345. The molecular weight excluding hydrogens is 260 g/mol. The van der Waals surface area contributed by atoms with E-state index in [4.69, 9.17) is 4.74 Å². The fraction of sp³-hybridized carbons (Fsp3) is 0.182. The molecule has 0 bridgehead atoms. The van der Waals surface area contributed by atoms with E-state index in [9.17, 15) is 4.79 Å². The molecule has 0 heterocycles. The molecule has 0 saturated heterocycles. The van der Waals surface area contributed by atoms with Crippen LogP contribution in [0, 0.1) is 0 Å². The van der Waals surface area contributed by atoms with Gasteiger partial charge in [-0.05, 0) is 30.3 Å². The van der Waals surface area contributed by atoms with Gasteiger partial charge in [-0.3, -0.25) is 0 Å². The van der Waals surface area contributed by atoms with Crippen molar-refractivity contribution in [3.8, 4) is 5.75 Å². The van der Waals surface area contributed by atoms with Gasteiger partial charge in [-0.25, -0.2) is 4.79 Å². The van der Waals surface area contributed by atoms with Gasteiger partial charge in [0.05, 0.1) is 7.11 Å². The minimum Gasteiger partial charge on any atom is -0.475 e. The standard InChI is InChI=1S/C11H11BrO3/c1-3-10(11(13)14-2)15-9-6-4-8(12)5-7-9/h3-7,10H,1H2,2H3. The maximum atomic E-state index is 11.2. The smallest absolute Gasteiger partial charge is 0.351 e. The molecule has 0 spiro atoms. The van der Waals surface area contributed by atoms with E-state index in [0.29, 0.717) is 5.75 Å². The van der Waals surface area contributed by atoms with Gasteiger partial charge in [0, 0.05) is 4.47 Å². The minimum absolute atomic E-state index is 0.465. The molecule has 1 aromatic carbocycles. The highest BCUT2D eigenvalue weighted by molar-refractivity contribution is 9.10. The zero-order valence-electron chi connectivity index (χ0n) is 8.27. The Morgan fingerprint density at radius 3 is 2.53 bits per heavy atom. The fourth-order valence-electron chi connectivity index (χ4n) is 0.968. The molecule has 1 unspecified atom stereocenters. The van der Waals surface area contributed by atoms with E-state index in [-0.39, 0.29) is 0 Å². The predicted octanol–water partition coefficient (Wildman–Crippen LogP) is 2.56. The van der Waals surface area contributed by atoms with Crippen molar-refractivity contribution in [2.75, 3.05) is 7.11 Å². The summed E-state index contributed by atoms with van der Waals surface area (Å²) in [6, 6.07) is 7.16. The molecule has 15 heavy (non-hydrogen) atoms. The Morgan fingerprint density at radius 2 is 2.07 bits per heavy atom. The monoisotopic (exact) mass is 270 g/mol. The number of hydrogen-bond acceptors (Lipinski definition) is 3. The Hall–Kier alpha value is -1.29. The molecule has 0 saturated carbocycles. The van der Waals surface area contributed by atoms with Crippen molar-refractivity contribution < 1.29 is 14.3 Å². The average molecular weight is 271 g/mol. The van der Waals surface area contributed by atoms with E-state index in [1.165, 1.54) is 13.2 Å². The first-order valence-electron chi connectivity index (χ1n) is 4.30. The average Bonchev–Trinajstić information content (AvgIpc) is 2.27. The third-order valence-corrected chi connectivity index (χ3v) is 2.25. The quantitative estimate of drug-likeness (QED) is 0.623. The molecule has 1 aromatic rings. The first-order valence-corrected chi connectivity index (χ1v) is 5.09. The summed E-state index contributed by atoms with van der Waals surface area (Å²) in [5.74, 6) is 0.126. The second-order valence-corrected chi connectivity index (χ2v) is 3.67. The number of rotatable bonds is 4. The van der Waals surface area contributed by atoms with E-state index in [2.05, 4.69) is 27.2 Å². The van der Waals surface area contributed by atoms with Crippen LogP contribution in [0.3, 0.4) is 0 Å². The lowest BCUT2D eigenvalue weighted by atomic mass is 10.3. The Labute approximate surface area is 96.8 Å². The van der Waals surface area contributed by atoms with Crippen LogP contribution in [-0.2, 0) is 9.53 Å². The first-order chi connectivity index (χ1) is 7.17. The van der Waals surface area contributed by atoms with Crippen LogP contribution in [0.15, 0.2) is 41.4 Å². The second kappa shape index (κ2) is 5.56. The zero-order valence-corrected chi connectivity index (χ0v) is 9.86. The van der Waals surface area contributed by atoms with Crippen molar-refractivity contribution in [1.82, 2.24) is 0 Å².